The summed E-state index contributed by atoms with van der Waals surface area (Å²) in [5.41, 5.74) is 0. The first-order valence-electron chi connectivity index (χ1n) is 7.08. The van der Waals surface area contributed by atoms with E-state index in [1.165, 1.54) is 0 Å². The molecule has 3 amide bonds. The third-order valence-electron chi connectivity index (χ3n) is 3.08. The zero-order valence-electron chi connectivity index (χ0n) is 12.2. The summed E-state index contributed by atoms with van der Waals surface area (Å²) in [6.07, 6.45) is 2.06. The lowest BCUT2D eigenvalue weighted by atomic mass is 10.2. The van der Waals surface area contributed by atoms with Gasteiger partial charge in [0.05, 0.1) is 6.54 Å². The fourth-order valence-electron chi connectivity index (χ4n) is 2.28. The molecule has 6 heteroatoms. The summed E-state index contributed by atoms with van der Waals surface area (Å²) in [4.78, 5) is 25.4. The summed E-state index contributed by atoms with van der Waals surface area (Å²) in [7, 11) is 0. The van der Waals surface area contributed by atoms with Crippen LogP contribution in [0.15, 0.2) is 0 Å². The standard InChI is InChI=1S/C13H26N4O2/c1-4-7-17(11-5-6-14-8-11)9-12(18)16-13(19)15-10(2)3/h10-11,14H,4-9H2,1-3H3,(H2,15,16,18,19). The van der Waals surface area contributed by atoms with Gasteiger partial charge in [0.15, 0.2) is 0 Å². The zero-order valence-corrected chi connectivity index (χ0v) is 12.2. The van der Waals surface area contributed by atoms with E-state index >= 15 is 0 Å². The van der Waals surface area contributed by atoms with Crippen molar-refractivity contribution in [2.45, 2.75) is 45.7 Å². The molecule has 3 N–H and O–H groups in total. The van der Waals surface area contributed by atoms with Crippen molar-refractivity contribution in [1.82, 2.24) is 20.9 Å². The summed E-state index contributed by atoms with van der Waals surface area (Å²) in [5.74, 6) is -0.237. The predicted molar refractivity (Wildman–Crippen MR) is 74.9 cm³/mol. The highest BCUT2D eigenvalue weighted by molar-refractivity contribution is 5.95. The molecule has 1 unspecified atom stereocenters. The molecule has 0 aromatic heterocycles. The number of hydrogen-bond donors (Lipinski definition) is 3. The van der Waals surface area contributed by atoms with Gasteiger partial charge >= 0.3 is 6.03 Å². The fourth-order valence-corrected chi connectivity index (χ4v) is 2.28. The molecule has 1 atom stereocenters. The second-order valence-corrected chi connectivity index (χ2v) is 5.29. The Morgan fingerprint density at radius 1 is 1.42 bits per heavy atom. The number of nitrogens with zero attached hydrogens (tertiary/aromatic N) is 1. The van der Waals surface area contributed by atoms with Crippen LogP contribution in [0.25, 0.3) is 0 Å². The first-order chi connectivity index (χ1) is 9.02. The van der Waals surface area contributed by atoms with Crippen molar-refractivity contribution in [3.63, 3.8) is 0 Å². The Labute approximate surface area is 115 Å². The van der Waals surface area contributed by atoms with E-state index in [1.807, 2.05) is 13.8 Å². The molecule has 0 aromatic rings. The van der Waals surface area contributed by atoms with E-state index in [2.05, 4.69) is 27.8 Å². The van der Waals surface area contributed by atoms with Crippen molar-refractivity contribution >= 4 is 11.9 Å². The van der Waals surface area contributed by atoms with E-state index < -0.39 is 6.03 Å². The van der Waals surface area contributed by atoms with Gasteiger partial charge < -0.3 is 10.6 Å². The van der Waals surface area contributed by atoms with Gasteiger partial charge in [-0.05, 0) is 39.8 Å². The van der Waals surface area contributed by atoms with Crippen LogP contribution in [-0.2, 0) is 4.79 Å². The van der Waals surface area contributed by atoms with Crippen molar-refractivity contribution in [3.8, 4) is 0 Å². The number of hydrogen-bond acceptors (Lipinski definition) is 4. The van der Waals surface area contributed by atoms with Gasteiger partial charge in [-0.25, -0.2) is 4.79 Å². The minimum atomic E-state index is -0.416. The average molecular weight is 270 g/mol. The monoisotopic (exact) mass is 270 g/mol. The highest BCUT2D eigenvalue weighted by Gasteiger charge is 2.23. The lowest BCUT2D eigenvalue weighted by Gasteiger charge is -2.27. The molecule has 110 valence electrons. The van der Waals surface area contributed by atoms with Gasteiger partial charge in [-0.15, -0.1) is 0 Å². The molecule has 1 aliphatic rings. The van der Waals surface area contributed by atoms with Crippen LogP contribution in [0.2, 0.25) is 0 Å². The molecule has 0 saturated carbocycles. The number of nitrogens with one attached hydrogen (secondary N) is 3. The molecule has 1 heterocycles. The van der Waals surface area contributed by atoms with Gasteiger partial charge in [-0.1, -0.05) is 6.92 Å². The minimum Gasteiger partial charge on any atom is -0.336 e. The largest absolute Gasteiger partial charge is 0.336 e. The van der Waals surface area contributed by atoms with E-state index in [0.29, 0.717) is 6.04 Å². The normalized spacial score (nSPS) is 18.9. The number of amides is 3. The molecule has 0 radical (unpaired) electrons. The van der Waals surface area contributed by atoms with Crippen molar-refractivity contribution in [2.75, 3.05) is 26.2 Å². The van der Waals surface area contributed by atoms with Crippen molar-refractivity contribution in [2.24, 2.45) is 0 Å². The number of carbonyl (C=O) groups is 2. The summed E-state index contributed by atoms with van der Waals surface area (Å²) < 4.78 is 0. The first-order valence-corrected chi connectivity index (χ1v) is 7.08. The molecule has 1 aliphatic heterocycles. The number of urea groups is 1. The molecule has 19 heavy (non-hydrogen) atoms. The fraction of sp³-hybridized carbons (Fsp3) is 0.846. The average Bonchev–Trinajstić information content (AvgIpc) is 2.80. The Kier molecular flexibility index (Phi) is 6.80. The number of rotatable bonds is 6. The molecule has 1 saturated heterocycles. The second-order valence-electron chi connectivity index (χ2n) is 5.29. The van der Waals surface area contributed by atoms with E-state index in [-0.39, 0.29) is 18.5 Å². The Bertz CT molecular complexity index is 301. The van der Waals surface area contributed by atoms with Crippen LogP contribution in [0, 0.1) is 0 Å². The molecule has 0 aromatic carbocycles. The lowest BCUT2D eigenvalue weighted by Crippen LogP contribution is -2.49. The van der Waals surface area contributed by atoms with E-state index in [1.54, 1.807) is 0 Å². The Morgan fingerprint density at radius 2 is 2.16 bits per heavy atom. The van der Waals surface area contributed by atoms with Gasteiger partial charge in [-0.3, -0.25) is 15.0 Å². The van der Waals surface area contributed by atoms with Crippen LogP contribution in [0.5, 0.6) is 0 Å². The smallest absolute Gasteiger partial charge is 0.321 e. The zero-order chi connectivity index (χ0) is 14.3. The summed E-state index contributed by atoms with van der Waals surface area (Å²) >= 11 is 0. The minimum absolute atomic E-state index is 0.0265. The van der Waals surface area contributed by atoms with Gasteiger partial charge in [-0.2, -0.15) is 0 Å². The van der Waals surface area contributed by atoms with Gasteiger partial charge in [0.1, 0.15) is 0 Å². The first kappa shape index (κ1) is 15.9. The third kappa shape index (κ3) is 6.02. The van der Waals surface area contributed by atoms with Crippen LogP contribution >= 0.6 is 0 Å². The molecule has 0 aliphatic carbocycles. The predicted octanol–water partition coefficient (Wildman–Crippen LogP) is 0.295. The highest BCUT2D eigenvalue weighted by atomic mass is 16.2. The Balaban J connectivity index is 2.40. The van der Waals surface area contributed by atoms with Crippen LogP contribution < -0.4 is 16.0 Å². The number of imide groups is 1. The molecule has 0 bridgehead atoms. The second kappa shape index (κ2) is 8.12. The van der Waals surface area contributed by atoms with E-state index in [0.717, 1.165) is 32.5 Å². The Morgan fingerprint density at radius 3 is 2.68 bits per heavy atom. The van der Waals surface area contributed by atoms with Crippen molar-refractivity contribution in [3.05, 3.63) is 0 Å². The maximum atomic E-state index is 11.8. The molecular weight excluding hydrogens is 244 g/mol. The third-order valence-corrected chi connectivity index (χ3v) is 3.08. The molecule has 1 fully saturated rings. The summed E-state index contributed by atoms with van der Waals surface area (Å²) in [6.45, 7) is 8.90. The molecule has 6 nitrogen and oxygen atoms in total. The van der Waals surface area contributed by atoms with Gasteiger partial charge in [0.2, 0.25) is 5.91 Å². The number of carbonyl (C=O) groups excluding carboxylic acids is 2. The van der Waals surface area contributed by atoms with Crippen LogP contribution in [0.1, 0.15) is 33.6 Å². The summed E-state index contributed by atoms with van der Waals surface area (Å²) in [6, 6.07) is 0.0124. The topological polar surface area (TPSA) is 73.5 Å². The quantitative estimate of drug-likeness (QED) is 0.649. The summed E-state index contributed by atoms with van der Waals surface area (Å²) in [5, 5.41) is 8.32. The molecule has 0 spiro atoms. The van der Waals surface area contributed by atoms with Crippen LogP contribution in [0.3, 0.4) is 0 Å². The lowest BCUT2D eigenvalue weighted by molar-refractivity contribution is -0.121. The molecule has 1 rings (SSSR count). The van der Waals surface area contributed by atoms with Crippen LogP contribution in [0.4, 0.5) is 4.79 Å². The van der Waals surface area contributed by atoms with Crippen molar-refractivity contribution < 1.29 is 9.59 Å². The van der Waals surface area contributed by atoms with Crippen molar-refractivity contribution in [1.29, 1.82) is 0 Å². The van der Waals surface area contributed by atoms with E-state index in [9.17, 15) is 9.59 Å². The maximum absolute atomic E-state index is 11.8. The van der Waals surface area contributed by atoms with E-state index in [4.69, 9.17) is 0 Å². The van der Waals surface area contributed by atoms with Crippen LogP contribution in [-0.4, -0.2) is 55.1 Å². The van der Waals surface area contributed by atoms with Gasteiger partial charge in [0, 0.05) is 18.6 Å². The van der Waals surface area contributed by atoms with Gasteiger partial charge in [0.25, 0.3) is 0 Å². The Hall–Kier alpha value is -1.14. The maximum Gasteiger partial charge on any atom is 0.321 e. The highest BCUT2D eigenvalue weighted by Crippen LogP contribution is 2.08. The molecular formula is C13H26N4O2. The SMILES string of the molecule is CCCN(CC(=O)NC(=O)NC(C)C)C1CCNC1.